The number of rotatable bonds is 7. The summed E-state index contributed by atoms with van der Waals surface area (Å²) < 4.78 is 47.1. The summed E-state index contributed by atoms with van der Waals surface area (Å²) in [5.74, 6) is -3.99. The second kappa shape index (κ2) is 9.70. The first kappa shape index (κ1) is 23.7. The van der Waals surface area contributed by atoms with Gasteiger partial charge in [0.2, 0.25) is 0 Å². The molecule has 0 fully saturated rings. The number of hydrogen-bond donors (Lipinski definition) is 1. The number of benzene rings is 1. The van der Waals surface area contributed by atoms with Gasteiger partial charge in [-0.15, -0.1) is 0 Å². The summed E-state index contributed by atoms with van der Waals surface area (Å²) in [5, 5.41) is 8.97. The quantitative estimate of drug-likeness (QED) is 0.419. The molecule has 3 aromatic rings. The first-order valence-electron chi connectivity index (χ1n) is 9.21. The van der Waals surface area contributed by atoms with E-state index in [-0.39, 0.29) is 33.9 Å². The minimum absolute atomic E-state index is 0.00423. The molecule has 0 saturated carbocycles. The Hall–Kier alpha value is -2.91. The number of halogens is 5. The van der Waals surface area contributed by atoms with Crippen molar-refractivity contribution in [2.45, 2.75) is 31.5 Å². The van der Waals surface area contributed by atoms with Crippen LogP contribution in [0.25, 0.3) is 0 Å². The van der Waals surface area contributed by atoms with E-state index in [0.717, 1.165) is 12.4 Å². The molecule has 0 bridgehead atoms. The van der Waals surface area contributed by atoms with Crippen molar-refractivity contribution in [3.63, 3.8) is 0 Å². The zero-order valence-electron chi connectivity index (χ0n) is 16.5. The molecule has 6 nitrogen and oxygen atoms in total. The predicted octanol–water partition coefficient (Wildman–Crippen LogP) is 5.91. The molecule has 0 spiro atoms. The number of carboxylic acids is 1. The largest absolute Gasteiger partial charge is 0.478 e. The number of ether oxygens (including phenoxy) is 1. The van der Waals surface area contributed by atoms with Crippen molar-refractivity contribution in [3.8, 4) is 6.01 Å². The van der Waals surface area contributed by atoms with Gasteiger partial charge in [0.1, 0.15) is 11.8 Å². The molecule has 0 aliphatic carbocycles. The molecular formula is C21H16Cl2F3N3O3. The molecule has 2 aromatic heterocycles. The van der Waals surface area contributed by atoms with Gasteiger partial charge in [-0.1, -0.05) is 42.3 Å². The fraction of sp³-hybridized carbons (Fsp3) is 0.238. The zero-order valence-corrected chi connectivity index (χ0v) is 18.0. The van der Waals surface area contributed by atoms with Crippen LogP contribution in [-0.4, -0.2) is 32.2 Å². The van der Waals surface area contributed by atoms with Crippen LogP contribution in [0.3, 0.4) is 0 Å². The van der Waals surface area contributed by atoms with Crippen molar-refractivity contribution in [3.05, 3.63) is 81.4 Å². The van der Waals surface area contributed by atoms with E-state index in [0.29, 0.717) is 11.1 Å². The van der Waals surface area contributed by atoms with Crippen LogP contribution in [0.1, 0.15) is 45.8 Å². The summed E-state index contributed by atoms with van der Waals surface area (Å²) >= 11 is 12.1. The first-order valence-corrected chi connectivity index (χ1v) is 9.96. The van der Waals surface area contributed by atoms with E-state index in [4.69, 9.17) is 33.0 Å². The highest BCUT2D eigenvalue weighted by atomic mass is 35.5. The summed E-state index contributed by atoms with van der Waals surface area (Å²) in [4.78, 5) is 22.1. The third-order valence-electron chi connectivity index (χ3n) is 4.76. The number of aromatic nitrogens is 3. The monoisotopic (exact) mass is 485 g/mol. The van der Waals surface area contributed by atoms with Crippen molar-refractivity contribution in [2.24, 2.45) is 0 Å². The second-order valence-corrected chi connectivity index (χ2v) is 7.72. The van der Waals surface area contributed by atoms with Gasteiger partial charge < -0.3 is 9.84 Å². The summed E-state index contributed by atoms with van der Waals surface area (Å²) in [5.41, 5.74) is 0.795. The normalized spacial score (nSPS) is 13.4. The Balaban J connectivity index is 1.79. The summed E-state index contributed by atoms with van der Waals surface area (Å²) in [7, 11) is 0. The third-order valence-corrected chi connectivity index (χ3v) is 5.29. The Morgan fingerprint density at radius 2 is 1.81 bits per heavy atom. The molecule has 0 radical (unpaired) electrons. The number of alkyl halides is 3. The van der Waals surface area contributed by atoms with Crippen molar-refractivity contribution >= 4 is 29.2 Å². The third kappa shape index (κ3) is 5.66. The highest BCUT2D eigenvalue weighted by molar-refractivity contribution is 6.31. The molecule has 0 aliphatic rings. The summed E-state index contributed by atoms with van der Waals surface area (Å²) in [6.07, 6.45) is -1.10. The van der Waals surface area contributed by atoms with Gasteiger partial charge in [-0.05, 0) is 40.8 Å². The fourth-order valence-electron chi connectivity index (χ4n) is 3.23. The topological polar surface area (TPSA) is 85.2 Å². The number of pyridine rings is 1. The Labute approximate surface area is 191 Å². The van der Waals surface area contributed by atoms with Gasteiger partial charge in [-0.3, -0.25) is 0 Å². The number of carboxylic acid groups (broad SMARTS) is 1. The molecule has 1 aromatic carbocycles. The van der Waals surface area contributed by atoms with Crippen molar-refractivity contribution in [1.29, 1.82) is 0 Å². The molecule has 0 saturated heterocycles. The van der Waals surface area contributed by atoms with E-state index >= 15 is 0 Å². The van der Waals surface area contributed by atoms with Crippen molar-refractivity contribution < 1.29 is 27.8 Å². The van der Waals surface area contributed by atoms with E-state index in [1.54, 1.807) is 6.07 Å². The van der Waals surface area contributed by atoms with E-state index in [9.17, 15) is 18.0 Å². The van der Waals surface area contributed by atoms with Gasteiger partial charge >= 0.3 is 18.2 Å². The Morgan fingerprint density at radius 1 is 1.12 bits per heavy atom. The van der Waals surface area contributed by atoms with Crippen LogP contribution < -0.4 is 4.74 Å². The minimum atomic E-state index is -4.53. The molecule has 2 atom stereocenters. The second-order valence-electron chi connectivity index (χ2n) is 6.92. The van der Waals surface area contributed by atoms with Gasteiger partial charge in [0.15, 0.2) is 0 Å². The van der Waals surface area contributed by atoms with Crippen LogP contribution in [0, 0.1) is 0 Å². The lowest BCUT2D eigenvalue weighted by molar-refractivity contribution is -0.154. The molecule has 2 unspecified atom stereocenters. The number of nitrogens with zero attached hydrogens (tertiary/aromatic N) is 3. The fourth-order valence-corrected chi connectivity index (χ4v) is 3.79. The lowest BCUT2D eigenvalue weighted by Crippen LogP contribution is -2.26. The first-order chi connectivity index (χ1) is 15.1. The minimum Gasteiger partial charge on any atom is -0.478 e. The van der Waals surface area contributed by atoms with Crippen LogP contribution in [0.2, 0.25) is 10.2 Å². The van der Waals surface area contributed by atoms with Crippen LogP contribution in [0.5, 0.6) is 6.01 Å². The molecule has 32 heavy (non-hydrogen) atoms. The number of carbonyl (C=O) groups is 1. The maximum atomic E-state index is 13.9. The maximum absolute atomic E-state index is 13.9. The highest BCUT2D eigenvalue weighted by Gasteiger charge is 2.45. The average Bonchev–Trinajstić information content (AvgIpc) is 2.71. The molecule has 1 N–H and O–H groups in total. The Kier molecular flexibility index (Phi) is 7.20. The van der Waals surface area contributed by atoms with Gasteiger partial charge in [-0.2, -0.15) is 13.2 Å². The number of aromatic carboxylic acids is 1. The molecule has 0 amide bonds. The van der Waals surface area contributed by atoms with Crippen molar-refractivity contribution in [1.82, 2.24) is 15.0 Å². The van der Waals surface area contributed by atoms with Gasteiger partial charge in [-0.25, -0.2) is 19.7 Å². The zero-order chi connectivity index (χ0) is 23.5. The lowest BCUT2D eigenvalue weighted by Gasteiger charge is -2.28. The van der Waals surface area contributed by atoms with Crippen LogP contribution >= 0.6 is 23.2 Å². The van der Waals surface area contributed by atoms with Crippen LogP contribution in [-0.2, 0) is 6.61 Å². The smallest absolute Gasteiger partial charge is 0.396 e. The summed E-state index contributed by atoms with van der Waals surface area (Å²) in [6.45, 7) is 1.44. The van der Waals surface area contributed by atoms with Gasteiger partial charge in [0.25, 0.3) is 0 Å². The Bertz CT molecular complexity index is 1110. The molecule has 3 rings (SSSR count). The van der Waals surface area contributed by atoms with Crippen LogP contribution in [0.15, 0.2) is 48.9 Å². The van der Waals surface area contributed by atoms with Crippen LogP contribution in [0.4, 0.5) is 13.2 Å². The maximum Gasteiger partial charge on any atom is 0.396 e. The van der Waals surface area contributed by atoms with Crippen molar-refractivity contribution in [2.75, 3.05) is 0 Å². The number of hydrogen-bond acceptors (Lipinski definition) is 5. The molecular weight excluding hydrogens is 470 g/mol. The molecule has 2 heterocycles. The average molecular weight is 486 g/mol. The van der Waals surface area contributed by atoms with E-state index in [2.05, 4.69) is 15.0 Å². The SMILES string of the molecule is CC(c1ccc(COc2ncc(C(=O)O)cn2)cc1Cl)C(c1ccnc(Cl)c1)C(F)(F)F. The van der Waals surface area contributed by atoms with E-state index in [1.165, 1.54) is 37.4 Å². The Morgan fingerprint density at radius 3 is 2.38 bits per heavy atom. The van der Waals surface area contributed by atoms with E-state index in [1.807, 2.05) is 0 Å². The van der Waals surface area contributed by atoms with Gasteiger partial charge in [0, 0.05) is 23.6 Å². The lowest BCUT2D eigenvalue weighted by atomic mass is 9.82. The molecule has 168 valence electrons. The predicted molar refractivity (Wildman–Crippen MR) is 111 cm³/mol. The molecule has 11 heteroatoms. The highest BCUT2D eigenvalue weighted by Crippen LogP contribution is 2.46. The summed E-state index contributed by atoms with van der Waals surface area (Å²) in [6, 6.07) is 7.05. The van der Waals surface area contributed by atoms with Gasteiger partial charge in [0.05, 0.1) is 11.5 Å². The standard InChI is InChI=1S/C21H16Cl2F3N3O3/c1-11(18(21(24,25)26)13-4-5-27-17(23)7-13)15-3-2-12(6-16(15)22)10-32-20-28-8-14(9-29-20)19(30)31/h2-9,11,18H,10H2,1H3,(H,30,31). The molecule has 0 aliphatic heterocycles. The van der Waals surface area contributed by atoms with E-state index < -0.39 is 24.0 Å².